The predicted molar refractivity (Wildman–Crippen MR) is 111 cm³/mol. The van der Waals surface area contributed by atoms with Gasteiger partial charge in [-0.25, -0.2) is 4.39 Å². The number of benzene rings is 2. The number of fused-ring (bicyclic) bond motifs is 1. The van der Waals surface area contributed by atoms with Crippen molar-refractivity contribution in [2.24, 2.45) is 0 Å². The largest absolute Gasteiger partial charge is 0.380 e. The molecule has 0 fully saturated rings. The molecule has 2 heterocycles. The quantitative estimate of drug-likeness (QED) is 0.444. The Morgan fingerprint density at radius 3 is 2.79 bits per heavy atom. The van der Waals surface area contributed by atoms with Gasteiger partial charge in [-0.05, 0) is 18.2 Å². The Bertz CT molecular complexity index is 1180. The van der Waals surface area contributed by atoms with E-state index in [1.165, 1.54) is 35.8 Å². The first kappa shape index (κ1) is 18.9. The minimum atomic E-state index is -0.380. The van der Waals surface area contributed by atoms with E-state index in [0.29, 0.717) is 35.7 Å². The number of methoxy groups -OCH3 is 1. The van der Waals surface area contributed by atoms with Crippen LogP contribution < -0.4 is 5.32 Å². The number of nitrogens with one attached hydrogen (secondary N) is 1. The first-order chi connectivity index (χ1) is 13.6. The second-order valence-electron chi connectivity index (χ2n) is 5.80. The lowest BCUT2D eigenvalue weighted by molar-refractivity contribution is 0.102. The highest BCUT2D eigenvalue weighted by Gasteiger charge is 2.22. The Morgan fingerprint density at radius 1 is 1.18 bits per heavy atom. The maximum Gasteiger partial charge on any atom is 0.267 e. The third-order valence-corrected chi connectivity index (χ3v) is 6.41. The van der Waals surface area contributed by atoms with Crippen LogP contribution in [-0.4, -0.2) is 23.2 Å². The summed E-state index contributed by atoms with van der Waals surface area (Å²) < 4.78 is 20.2. The zero-order valence-electron chi connectivity index (χ0n) is 14.5. The number of anilines is 1. The third-order valence-electron chi connectivity index (χ3n) is 4.01. The predicted octanol–water partition coefficient (Wildman–Crippen LogP) is 5.61. The second-order valence-corrected chi connectivity index (χ2v) is 8.24. The molecule has 0 aliphatic carbocycles. The summed E-state index contributed by atoms with van der Waals surface area (Å²) in [5.74, 6) is -0.758. The summed E-state index contributed by atoms with van der Waals surface area (Å²) in [5.41, 5.74) is 1.26. The van der Waals surface area contributed by atoms with Crippen LogP contribution in [0.15, 0.2) is 42.5 Å². The number of carbonyl (C=O) groups excluding carboxylic acids is 1. The van der Waals surface area contributed by atoms with Crippen LogP contribution >= 0.6 is 34.3 Å². The number of halogens is 2. The maximum atomic E-state index is 14.3. The van der Waals surface area contributed by atoms with E-state index in [2.05, 4.69) is 15.5 Å². The molecule has 4 aromatic rings. The van der Waals surface area contributed by atoms with E-state index in [1.54, 1.807) is 18.2 Å². The standard InChI is InChI=1S/C19H13ClFN3O2S2/c1-26-9-11-15-13(21)7-4-8-14(15)27-16(11)17(25)22-19-24-23-18(28-19)10-5-2-3-6-12(10)20/h2-8H,9H2,1H3,(H,22,24,25). The molecule has 0 spiro atoms. The SMILES string of the molecule is COCc1c(C(=O)Nc2nnc(-c3ccccc3Cl)s2)sc2cccc(F)c12. The Balaban J connectivity index is 1.65. The van der Waals surface area contributed by atoms with Crippen molar-refractivity contribution in [1.29, 1.82) is 0 Å². The molecule has 0 saturated carbocycles. The molecule has 0 aliphatic rings. The van der Waals surface area contributed by atoms with Crippen molar-refractivity contribution in [3.05, 3.63) is 63.7 Å². The monoisotopic (exact) mass is 433 g/mol. The van der Waals surface area contributed by atoms with Crippen LogP contribution in [0.2, 0.25) is 5.02 Å². The van der Waals surface area contributed by atoms with Gasteiger partial charge in [0, 0.05) is 28.3 Å². The summed E-state index contributed by atoms with van der Waals surface area (Å²) >= 11 is 8.62. The molecule has 4 rings (SSSR count). The van der Waals surface area contributed by atoms with E-state index < -0.39 is 0 Å². The van der Waals surface area contributed by atoms with Crippen molar-refractivity contribution in [3.63, 3.8) is 0 Å². The molecule has 0 bridgehead atoms. The number of hydrogen-bond donors (Lipinski definition) is 1. The third kappa shape index (κ3) is 3.51. The van der Waals surface area contributed by atoms with E-state index in [9.17, 15) is 9.18 Å². The van der Waals surface area contributed by atoms with Crippen LogP contribution in [0.5, 0.6) is 0 Å². The van der Waals surface area contributed by atoms with Gasteiger partial charge in [-0.15, -0.1) is 21.5 Å². The molecule has 142 valence electrons. The van der Waals surface area contributed by atoms with Crippen molar-refractivity contribution < 1.29 is 13.9 Å². The van der Waals surface area contributed by atoms with Gasteiger partial charge in [-0.2, -0.15) is 0 Å². The number of aromatic nitrogens is 2. The van der Waals surface area contributed by atoms with Gasteiger partial charge >= 0.3 is 0 Å². The molecule has 5 nitrogen and oxygen atoms in total. The maximum absolute atomic E-state index is 14.3. The number of thiophene rings is 1. The van der Waals surface area contributed by atoms with Crippen LogP contribution in [0.3, 0.4) is 0 Å². The summed E-state index contributed by atoms with van der Waals surface area (Å²) in [6.07, 6.45) is 0. The second kappa shape index (κ2) is 7.92. The summed E-state index contributed by atoms with van der Waals surface area (Å²) in [5, 5.41) is 12.8. The minimum Gasteiger partial charge on any atom is -0.380 e. The van der Waals surface area contributed by atoms with Crippen LogP contribution in [0, 0.1) is 5.82 Å². The number of ether oxygens (including phenoxy) is 1. The molecule has 1 N–H and O–H groups in total. The molecule has 0 aliphatic heterocycles. The highest BCUT2D eigenvalue weighted by molar-refractivity contribution is 7.21. The summed E-state index contributed by atoms with van der Waals surface area (Å²) in [6.45, 7) is 0.130. The lowest BCUT2D eigenvalue weighted by Crippen LogP contribution is -2.12. The van der Waals surface area contributed by atoms with E-state index in [1.807, 2.05) is 18.2 Å². The molecule has 0 saturated heterocycles. The average Bonchev–Trinajstić information content (AvgIpc) is 3.28. The van der Waals surface area contributed by atoms with E-state index in [4.69, 9.17) is 16.3 Å². The molecule has 0 atom stereocenters. The molecule has 9 heteroatoms. The first-order valence-corrected chi connectivity index (χ1v) is 10.2. The first-order valence-electron chi connectivity index (χ1n) is 8.17. The van der Waals surface area contributed by atoms with E-state index >= 15 is 0 Å². The van der Waals surface area contributed by atoms with Crippen LogP contribution in [0.1, 0.15) is 15.2 Å². The van der Waals surface area contributed by atoms with Crippen molar-refractivity contribution in [3.8, 4) is 10.6 Å². The molecule has 0 radical (unpaired) electrons. The summed E-state index contributed by atoms with van der Waals surface area (Å²) in [7, 11) is 1.51. The van der Waals surface area contributed by atoms with Gasteiger partial charge < -0.3 is 4.74 Å². The molecule has 28 heavy (non-hydrogen) atoms. The van der Waals surface area contributed by atoms with Crippen LogP contribution in [0.4, 0.5) is 9.52 Å². The van der Waals surface area contributed by atoms with Crippen LogP contribution in [-0.2, 0) is 11.3 Å². The Hall–Kier alpha value is -2.39. The normalized spacial score (nSPS) is 11.1. The molecular weight excluding hydrogens is 421 g/mol. The fraction of sp³-hybridized carbons (Fsp3) is 0.105. The van der Waals surface area contributed by atoms with Crippen LogP contribution in [0.25, 0.3) is 20.7 Å². The van der Waals surface area contributed by atoms with E-state index in [0.717, 1.165) is 5.56 Å². The highest BCUT2D eigenvalue weighted by Crippen LogP contribution is 2.35. The number of rotatable bonds is 5. The smallest absolute Gasteiger partial charge is 0.267 e. The topological polar surface area (TPSA) is 64.1 Å². The zero-order chi connectivity index (χ0) is 19.7. The number of nitrogens with zero attached hydrogens (tertiary/aromatic N) is 2. The lowest BCUT2D eigenvalue weighted by atomic mass is 10.1. The van der Waals surface area contributed by atoms with Crippen molar-refractivity contribution in [1.82, 2.24) is 10.2 Å². The fourth-order valence-electron chi connectivity index (χ4n) is 2.80. The van der Waals surface area contributed by atoms with E-state index in [-0.39, 0.29) is 18.3 Å². The van der Waals surface area contributed by atoms with Gasteiger partial charge in [-0.3, -0.25) is 10.1 Å². The molecular formula is C19H13ClFN3O2S2. The highest BCUT2D eigenvalue weighted by atomic mass is 35.5. The number of amides is 1. The number of hydrogen-bond acceptors (Lipinski definition) is 6. The van der Waals surface area contributed by atoms with Gasteiger partial charge in [-0.1, -0.05) is 47.2 Å². The van der Waals surface area contributed by atoms with Crippen molar-refractivity contribution in [2.75, 3.05) is 12.4 Å². The van der Waals surface area contributed by atoms with Crippen molar-refractivity contribution >= 4 is 55.4 Å². The minimum absolute atomic E-state index is 0.130. The summed E-state index contributed by atoms with van der Waals surface area (Å²) in [4.78, 5) is 13.2. The molecule has 2 aromatic carbocycles. The van der Waals surface area contributed by atoms with Gasteiger partial charge in [0.05, 0.1) is 16.5 Å². The van der Waals surface area contributed by atoms with Gasteiger partial charge in [0.25, 0.3) is 5.91 Å². The zero-order valence-corrected chi connectivity index (χ0v) is 16.9. The van der Waals surface area contributed by atoms with Gasteiger partial charge in [0.2, 0.25) is 5.13 Å². The molecule has 0 unspecified atom stereocenters. The number of carbonyl (C=O) groups is 1. The summed E-state index contributed by atoms with van der Waals surface area (Å²) in [6, 6.07) is 12.0. The van der Waals surface area contributed by atoms with Crippen molar-refractivity contribution in [2.45, 2.75) is 6.61 Å². The Labute approximate surface area is 172 Å². The Kier molecular flexibility index (Phi) is 5.36. The molecule has 1 amide bonds. The van der Waals surface area contributed by atoms with Gasteiger partial charge in [0.15, 0.2) is 5.01 Å². The average molecular weight is 434 g/mol. The van der Waals surface area contributed by atoms with Gasteiger partial charge in [0.1, 0.15) is 5.82 Å². The fourth-order valence-corrected chi connectivity index (χ4v) is 4.98. The Morgan fingerprint density at radius 2 is 2.00 bits per heavy atom. The lowest BCUT2D eigenvalue weighted by Gasteiger charge is -2.04. The molecule has 2 aromatic heterocycles.